The third-order valence-corrected chi connectivity index (χ3v) is 2.60. The van der Waals surface area contributed by atoms with E-state index in [0.717, 1.165) is 0 Å². The van der Waals surface area contributed by atoms with Crippen LogP contribution in [-0.4, -0.2) is 4.98 Å². The fraction of sp³-hybridized carbons (Fsp3) is 0.214. The maximum atomic E-state index is 13.5. The van der Waals surface area contributed by atoms with Crippen LogP contribution in [0.15, 0.2) is 42.6 Å². The summed E-state index contributed by atoms with van der Waals surface area (Å²) in [6, 6.07) is 10.6. The molecule has 0 aliphatic heterocycles. The number of rotatable bonds is 2. The van der Waals surface area contributed by atoms with Crippen LogP contribution in [-0.2, 0) is 0 Å². The smallest absolute Gasteiger partial charge is 0.132 e. The molecule has 0 unspecified atom stereocenters. The Morgan fingerprint density at radius 1 is 1.06 bits per heavy atom. The summed E-state index contributed by atoms with van der Waals surface area (Å²) in [5.41, 5.74) is 2.40. The quantitative estimate of drug-likeness (QED) is 0.737. The molecule has 2 aromatic rings. The third-order valence-electron chi connectivity index (χ3n) is 2.60. The molecule has 16 heavy (non-hydrogen) atoms. The molecule has 1 heterocycles. The number of benzene rings is 1. The molecule has 0 amide bonds. The van der Waals surface area contributed by atoms with Crippen LogP contribution in [0.4, 0.5) is 4.39 Å². The Morgan fingerprint density at radius 3 is 2.38 bits per heavy atom. The molecule has 2 rings (SSSR count). The lowest BCUT2D eigenvalue weighted by Gasteiger charge is -2.06. The molecule has 0 atom stereocenters. The Bertz CT molecular complexity index is 474. The molecule has 0 aliphatic carbocycles. The van der Waals surface area contributed by atoms with Gasteiger partial charge >= 0.3 is 0 Å². The Labute approximate surface area is 95.0 Å². The molecule has 0 saturated carbocycles. The fourth-order valence-electron chi connectivity index (χ4n) is 1.58. The summed E-state index contributed by atoms with van der Waals surface area (Å²) in [6.45, 7) is 4.22. The van der Waals surface area contributed by atoms with Crippen LogP contribution in [0.3, 0.4) is 0 Å². The first-order chi connectivity index (χ1) is 7.68. The van der Waals surface area contributed by atoms with E-state index in [9.17, 15) is 4.39 Å². The minimum Gasteiger partial charge on any atom is -0.256 e. The summed E-state index contributed by atoms with van der Waals surface area (Å²) >= 11 is 0. The van der Waals surface area contributed by atoms with Gasteiger partial charge in [-0.25, -0.2) is 4.39 Å². The normalized spacial score (nSPS) is 10.8. The van der Waals surface area contributed by atoms with Gasteiger partial charge < -0.3 is 0 Å². The van der Waals surface area contributed by atoms with Crippen molar-refractivity contribution in [2.45, 2.75) is 19.8 Å². The second kappa shape index (κ2) is 4.44. The molecule has 0 fully saturated rings. The number of pyridine rings is 1. The van der Waals surface area contributed by atoms with E-state index in [1.54, 1.807) is 12.1 Å². The number of halogens is 1. The summed E-state index contributed by atoms with van der Waals surface area (Å²) < 4.78 is 13.5. The SMILES string of the molecule is CC(C)c1ccc(-c2ccccc2F)nc1. The van der Waals surface area contributed by atoms with Crippen LogP contribution in [0.2, 0.25) is 0 Å². The van der Waals surface area contributed by atoms with E-state index in [2.05, 4.69) is 18.8 Å². The summed E-state index contributed by atoms with van der Waals surface area (Å²) in [5.74, 6) is 0.217. The lowest BCUT2D eigenvalue weighted by molar-refractivity contribution is 0.630. The zero-order chi connectivity index (χ0) is 11.5. The average Bonchev–Trinajstić information content (AvgIpc) is 2.30. The standard InChI is InChI=1S/C14H14FN/c1-10(2)11-7-8-14(16-9-11)12-5-3-4-6-13(12)15/h3-10H,1-2H3. The minimum absolute atomic E-state index is 0.229. The van der Waals surface area contributed by atoms with E-state index in [1.807, 2.05) is 24.4 Å². The van der Waals surface area contributed by atoms with Gasteiger partial charge in [0.25, 0.3) is 0 Å². The highest BCUT2D eigenvalue weighted by molar-refractivity contribution is 5.59. The highest BCUT2D eigenvalue weighted by Crippen LogP contribution is 2.22. The van der Waals surface area contributed by atoms with E-state index in [1.165, 1.54) is 11.6 Å². The molecule has 82 valence electrons. The third kappa shape index (κ3) is 2.11. The molecule has 1 nitrogen and oxygen atoms in total. The van der Waals surface area contributed by atoms with Gasteiger partial charge in [0.2, 0.25) is 0 Å². The zero-order valence-electron chi connectivity index (χ0n) is 9.44. The van der Waals surface area contributed by atoms with Crippen molar-refractivity contribution >= 4 is 0 Å². The molecule has 0 bridgehead atoms. The number of hydrogen-bond donors (Lipinski definition) is 0. The summed E-state index contributed by atoms with van der Waals surface area (Å²) in [5, 5.41) is 0. The van der Waals surface area contributed by atoms with Crippen LogP contribution in [0, 0.1) is 5.82 Å². The van der Waals surface area contributed by atoms with Crippen LogP contribution in [0.25, 0.3) is 11.3 Å². The first-order valence-corrected chi connectivity index (χ1v) is 5.39. The highest BCUT2D eigenvalue weighted by atomic mass is 19.1. The maximum Gasteiger partial charge on any atom is 0.132 e. The summed E-state index contributed by atoms with van der Waals surface area (Å²) in [6.07, 6.45) is 1.81. The van der Waals surface area contributed by atoms with Crippen LogP contribution < -0.4 is 0 Å². The summed E-state index contributed by atoms with van der Waals surface area (Å²) in [7, 11) is 0. The van der Waals surface area contributed by atoms with E-state index < -0.39 is 0 Å². The first kappa shape index (κ1) is 10.8. The molecule has 0 N–H and O–H groups in total. The Kier molecular flexibility index (Phi) is 3.00. The van der Waals surface area contributed by atoms with Crippen molar-refractivity contribution in [1.82, 2.24) is 4.98 Å². The zero-order valence-corrected chi connectivity index (χ0v) is 9.44. The average molecular weight is 215 g/mol. The van der Waals surface area contributed by atoms with Gasteiger partial charge in [-0.2, -0.15) is 0 Å². The number of hydrogen-bond acceptors (Lipinski definition) is 1. The maximum absolute atomic E-state index is 13.5. The molecule has 1 aromatic heterocycles. The molecule has 2 heteroatoms. The van der Waals surface area contributed by atoms with Crippen LogP contribution in [0.5, 0.6) is 0 Å². The van der Waals surface area contributed by atoms with Gasteiger partial charge in [0, 0.05) is 11.8 Å². The minimum atomic E-state index is -0.229. The first-order valence-electron chi connectivity index (χ1n) is 5.39. The summed E-state index contributed by atoms with van der Waals surface area (Å²) in [4.78, 5) is 4.29. The van der Waals surface area contributed by atoms with E-state index in [-0.39, 0.29) is 5.82 Å². The van der Waals surface area contributed by atoms with Gasteiger partial charge in [0.15, 0.2) is 0 Å². The number of aromatic nitrogens is 1. The fourth-order valence-corrected chi connectivity index (χ4v) is 1.58. The van der Waals surface area contributed by atoms with Crippen molar-refractivity contribution in [3.63, 3.8) is 0 Å². The van der Waals surface area contributed by atoms with Gasteiger partial charge in [0.1, 0.15) is 5.82 Å². The molecule has 0 saturated heterocycles. The van der Waals surface area contributed by atoms with Crippen molar-refractivity contribution in [3.05, 3.63) is 54.0 Å². The lowest BCUT2D eigenvalue weighted by atomic mass is 10.0. The monoisotopic (exact) mass is 215 g/mol. The van der Waals surface area contributed by atoms with Crippen LogP contribution in [0.1, 0.15) is 25.3 Å². The second-order valence-electron chi connectivity index (χ2n) is 4.11. The van der Waals surface area contributed by atoms with Crippen molar-refractivity contribution in [3.8, 4) is 11.3 Å². The lowest BCUT2D eigenvalue weighted by Crippen LogP contribution is -1.91. The molecular formula is C14H14FN. The van der Waals surface area contributed by atoms with Gasteiger partial charge in [-0.3, -0.25) is 4.98 Å². The van der Waals surface area contributed by atoms with Crippen molar-refractivity contribution in [1.29, 1.82) is 0 Å². The van der Waals surface area contributed by atoms with Gasteiger partial charge in [-0.15, -0.1) is 0 Å². The molecule has 0 aliphatic rings. The van der Waals surface area contributed by atoms with Crippen molar-refractivity contribution in [2.24, 2.45) is 0 Å². The Balaban J connectivity index is 2.39. The molecular weight excluding hydrogens is 201 g/mol. The van der Waals surface area contributed by atoms with Gasteiger partial charge in [-0.1, -0.05) is 32.0 Å². The van der Waals surface area contributed by atoms with Crippen molar-refractivity contribution < 1.29 is 4.39 Å². The van der Waals surface area contributed by atoms with Crippen LogP contribution >= 0.6 is 0 Å². The van der Waals surface area contributed by atoms with E-state index in [4.69, 9.17) is 0 Å². The Hall–Kier alpha value is -1.70. The topological polar surface area (TPSA) is 12.9 Å². The van der Waals surface area contributed by atoms with E-state index >= 15 is 0 Å². The second-order valence-corrected chi connectivity index (χ2v) is 4.11. The predicted octanol–water partition coefficient (Wildman–Crippen LogP) is 4.01. The highest BCUT2D eigenvalue weighted by Gasteiger charge is 2.05. The van der Waals surface area contributed by atoms with Crippen molar-refractivity contribution in [2.75, 3.05) is 0 Å². The van der Waals surface area contributed by atoms with E-state index in [0.29, 0.717) is 17.2 Å². The van der Waals surface area contributed by atoms with Gasteiger partial charge in [-0.05, 0) is 29.7 Å². The molecule has 0 radical (unpaired) electrons. The molecule has 1 aromatic carbocycles. The Morgan fingerprint density at radius 2 is 1.81 bits per heavy atom. The molecule has 0 spiro atoms. The van der Waals surface area contributed by atoms with Gasteiger partial charge in [0.05, 0.1) is 5.69 Å². The largest absolute Gasteiger partial charge is 0.256 e. The predicted molar refractivity (Wildman–Crippen MR) is 63.7 cm³/mol. The number of nitrogens with zero attached hydrogens (tertiary/aromatic N) is 1.